The molecule has 0 rings (SSSR count). The van der Waals surface area contributed by atoms with Gasteiger partial charge in [-0.05, 0) is 25.2 Å². The Morgan fingerprint density at radius 1 is 0.750 bits per heavy atom. The number of rotatable bonds is 11. The predicted molar refractivity (Wildman–Crippen MR) is 75.8 cm³/mol. The molecule has 0 heterocycles. The first kappa shape index (κ1) is 15.7. The molecule has 1 unspecified atom stereocenters. The molecular weight excluding hydrogens is 192 g/mol. The van der Waals surface area contributed by atoms with Gasteiger partial charge < -0.3 is 0 Å². The number of hydrogen-bond acceptors (Lipinski definition) is 0. The van der Waals surface area contributed by atoms with Crippen molar-refractivity contribution in [2.24, 2.45) is 5.92 Å². The SMILES string of the molecule is CCC=CCCC(CCCC)CCCCC. The Morgan fingerprint density at radius 2 is 1.44 bits per heavy atom. The van der Waals surface area contributed by atoms with Crippen LogP contribution in [0.3, 0.4) is 0 Å². The van der Waals surface area contributed by atoms with Gasteiger partial charge >= 0.3 is 0 Å². The summed E-state index contributed by atoms with van der Waals surface area (Å²) in [6.45, 7) is 6.82. The molecule has 0 aromatic carbocycles. The molecule has 0 bridgehead atoms. The topological polar surface area (TPSA) is 0 Å². The van der Waals surface area contributed by atoms with E-state index in [1.807, 2.05) is 0 Å². The minimum atomic E-state index is 0.994. The zero-order valence-electron chi connectivity index (χ0n) is 11.8. The fourth-order valence-corrected chi connectivity index (χ4v) is 2.23. The van der Waals surface area contributed by atoms with E-state index >= 15 is 0 Å². The first-order chi connectivity index (χ1) is 7.85. The Bertz CT molecular complexity index is 146. The molecule has 0 aromatic rings. The van der Waals surface area contributed by atoms with E-state index in [0.717, 1.165) is 5.92 Å². The summed E-state index contributed by atoms with van der Waals surface area (Å²) in [5.41, 5.74) is 0. The fraction of sp³-hybridized carbons (Fsp3) is 0.875. The molecule has 0 aromatic heterocycles. The Kier molecular flexibility index (Phi) is 12.6. The van der Waals surface area contributed by atoms with Crippen LogP contribution in [0.1, 0.15) is 85.0 Å². The largest absolute Gasteiger partial charge is 0.0888 e. The second-order valence-corrected chi connectivity index (χ2v) is 4.96. The van der Waals surface area contributed by atoms with Crippen molar-refractivity contribution < 1.29 is 0 Å². The normalized spacial score (nSPS) is 13.4. The standard InChI is InChI=1S/C16H32/c1-4-7-10-12-15-16(13-9-6-3)14-11-8-5-2/h7,10,16H,4-6,8-9,11-15H2,1-3H3. The molecule has 0 radical (unpaired) electrons. The third-order valence-electron chi connectivity index (χ3n) is 3.33. The quantitative estimate of drug-likeness (QED) is 0.293. The molecule has 1 atom stereocenters. The Hall–Kier alpha value is -0.260. The summed E-state index contributed by atoms with van der Waals surface area (Å²) in [6, 6.07) is 0. The molecule has 0 saturated carbocycles. The molecule has 0 saturated heterocycles. The van der Waals surface area contributed by atoms with E-state index in [-0.39, 0.29) is 0 Å². The molecule has 0 amide bonds. The van der Waals surface area contributed by atoms with E-state index < -0.39 is 0 Å². The van der Waals surface area contributed by atoms with E-state index in [2.05, 4.69) is 32.9 Å². The van der Waals surface area contributed by atoms with Crippen LogP contribution in [0.2, 0.25) is 0 Å². The van der Waals surface area contributed by atoms with Crippen LogP contribution in [-0.2, 0) is 0 Å². The van der Waals surface area contributed by atoms with Gasteiger partial charge in [-0.2, -0.15) is 0 Å². The highest BCUT2D eigenvalue weighted by Gasteiger charge is 2.06. The van der Waals surface area contributed by atoms with Crippen molar-refractivity contribution in [3.63, 3.8) is 0 Å². The highest BCUT2D eigenvalue weighted by Crippen LogP contribution is 2.22. The van der Waals surface area contributed by atoms with Crippen molar-refractivity contribution in [1.29, 1.82) is 0 Å². The van der Waals surface area contributed by atoms with Crippen molar-refractivity contribution >= 4 is 0 Å². The lowest BCUT2D eigenvalue weighted by atomic mass is 9.91. The van der Waals surface area contributed by atoms with E-state index in [1.165, 1.54) is 64.2 Å². The fourth-order valence-electron chi connectivity index (χ4n) is 2.23. The molecule has 0 aliphatic rings. The molecule has 16 heavy (non-hydrogen) atoms. The third kappa shape index (κ3) is 10.3. The zero-order valence-corrected chi connectivity index (χ0v) is 11.8. The van der Waals surface area contributed by atoms with Gasteiger partial charge in [0.1, 0.15) is 0 Å². The van der Waals surface area contributed by atoms with Crippen LogP contribution in [0.4, 0.5) is 0 Å². The molecule has 0 aliphatic carbocycles. The van der Waals surface area contributed by atoms with Crippen LogP contribution in [0.5, 0.6) is 0 Å². The van der Waals surface area contributed by atoms with Gasteiger partial charge in [0.2, 0.25) is 0 Å². The number of allylic oxidation sites excluding steroid dienone is 2. The highest BCUT2D eigenvalue weighted by molar-refractivity contribution is 4.80. The Labute approximate surface area is 104 Å². The number of hydrogen-bond donors (Lipinski definition) is 0. The first-order valence-corrected chi connectivity index (χ1v) is 7.50. The minimum Gasteiger partial charge on any atom is -0.0888 e. The highest BCUT2D eigenvalue weighted by atomic mass is 14.1. The summed E-state index contributed by atoms with van der Waals surface area (Å²) in [6.07, 6.45) is 18.5. The summed E-state index contributed by atoms with van der Waals surface area (Å²) in [5, 5.41) is 0. The minimum absolute atomic E-state index is 0.994. The van der Waals surface area contributed by atoms with Crippen molar-refractivity contribution in [1.82, 2.24) is 0 Å². The van der Waals surface area contributed by atoms with Crippen LogP contribution in [0.15, 0.2) is 12.2 Å². The maximum absolute atomic E-state index is 2.37. The molecule has 0 N–H and O–H groups in total. The van der Waals surface area contributed by atoms with E-state index in [1.54, 1.807) is 0 Å². The van der Waals surface area contributed by atoms with Gasteiger partial charge in [-0.25, -0.2) is 0 Å². The smallest absolute Gasteiger partial charge is 0.0348 e. The van der Waals surface area contributed by atoms with Crippen LogP contribution in [0, 0.1) is 5.92 Å². The van der Waals surface area contributed by atoms with Gasteiger partial charge in [-0.3, -0.25) is 0 Å². The van der Waals surface area contributed by atoms with Crippen LogP contribution in [-0.4, -0.2) is 0 Å². The van der Waals surface area contributed by atoms with Gasteiger partial charge in [-0.15, -0.1) is 0 Å². The molecule has 0 spiro atoms. The lowest BCUT2D eigenvalue weighted by Crippen LogP contribution is -2.00. The van der Waals surface area contributed by atoms with Crippen molar-refractivity contribution in [2.45, 2.75) is 85.0 Å². The number of unbranched alkanes of at least 4 members (excludes halogenated alkanes) is 3. The van der Waals surface area contributed by atoms with Gasteiger partial charge in [-0.1, -0.05) is 77.9 Å². The van der Waals surface area contributed by atoms with E-state index in [4.69, 9.17) is 0 Å². The average molecular weight is 224 g/mol. The van der Waals surface area contributed by atoms with Gasteiger partial charge in [0, 0.05) is 0 Å². The summed E-state index contributed by atoms with van der Waals surface area (Å²) in [4.78, 5) is 0. The predicted octanol–water partition coefficient (Wildman–Crippen LogP) is 6.12. The molecular formula is C16H32. The maximum atomic E-state index is 2.37. The summed E-state index contributed by atoms with van der Waals surface area (Å²) in [7, 11) is 0. The molecule has 0 nitrogen and oxygen atoms in total. The van der Waals surface area contributed by atoms with Gasteiger partial charge in [0.25, 0.3) is 0 Å². The molecule has 96 valence electrons. The summed E-state index contributed by atoms with van der Waals surface area (Å²) in [5.74, 6) is 0.994. The molecule has 0 heteroatoms. The molecule has 0 fully saturated rings. The first-order valence-electron chi connectivity index (χ1n) is 7.50. The maximum Gasteiger partial charge on any atom is -0.0348 e. The van der Waals surface area contributed by atoms with Crippen molar-refractivity contribution in [2.75, 3.05) is 0 Å². The third-order valence-corrected chi connectivity index (χ3v) is 3.33. The van der Waals surface area contributed by atoms with Crippen LogP contribution >= 0.6 is 0 Å². The molecule has 0 aliphatic heterocycles. The second-order valence-electron chi connectivity index (χ2n) is 4.96. The summed E-state index contributed by atoms with van der Waals surface area (Å²) < 4.78 is 0. The Balaban J connectivity index is 3.66. The lowest BCUT2D eigenvalue weighted by Gasteiger charge is -2.15. The Morgan fingerprint density at radius 3 is 2.06 bits per heavy atom. The monoisotopic (exact) mass is 224 g/mol. The van der Waals surface area contributed by atoms with E-state index in [0.29, 0.717) is 0 Å². The van der Waals surface area contributed by atoms with Gasteiger partial charge in [0.15, 0.2) is 0 Å². The van der Waals surface area contributed by atoms with Crippen molar-refractivity contribution in [3.8, 4) is 0 Å². The average Bonchev–Trinajstić information content (AvgIpc) is 2.31. The zero-order chi connectivity index (χ0) is 12.1. The van der Waals surface area contributed by atoms with Crippen LogP contribution in [0.25, 0.3) is 0 Å². The van der Waals surface area contributed by atoms with Crippen LogP contribution < -0.4 is 0 Å². The van der Waals surface area contributed by atoms with E-state index in [9.17, 15) is 0 Å². The summed E-state index contributed by atoms with van der Waals surface area (Å²) >= 11 is 0. The lowest BCUT2D eigenvalue weighted by molar-refractivity contribution is 0.392. The van der Waals surface area contributed by atoms with Crippen molar-refractivity contribution in [3.05, 3.63) is 12.2 Å². The van der Waals surface area contributed by atoms with Gasteiger partial charge in [0.05, 0.1) is 0 Å². The second kappa shape index (κ2) is 12.8.